The van der Waals surface area contributed by atoms with E-state index in [9.17, 15) is 0 Å². The van der Waals surface area contributed by atoms with E-state index in [1.54, 1.807) is 11.1 Å². The molecule has 2 aromatic carbocycles. The lowest BCUT2D eigenvalue weighted by Gasteiger charge is -2.26. The zero-order valence-corrected chi connectivity index (χ0v) is 14.8. The Morgan fingerprint density at radius 2 is 1.58 bits per heavy atom. The lowest BCUT2D eigenvalue weighted by molar-refractivity contribution is 0.886. The molecular formula is C25H21N. The first-order valence-corrected chi connectivity index (χ1v) is 9.42. The molecular weight excluding hydrogens is 314 g/mol. The van der Waals surface area contributed by atoms with E-state index in [0.29, 0.717) is 0 Å². The molecule has 26 heavy (non-hydrogen) atoms. The average Bonchev–Trinajstić information content (AvgIpc) is 2.72. The molecule has 2 aliphatic rings. The summed E-state index contributed by atoms with van der Waals surface area (Å²) < 4.78 is 0. The third-order valence-corrected chi connectivity index (χ3v) is 5.61. The molecule has 126 valence electrons. The molecule has 1 heteroatoms. The number of rotatable bonds is 2. The van der Waals surface area contributed by atoms with E-state index in [1.807, 2.05) is 24.5 Å². The van der Waals surface area contributed by atoms with Gasteiger partial charge < -0.3 is 0 Å². The van der Waals surface area contributed by atoms with Gasteiger partial charge >= 0.3 is 0 Å². The van der Waals surface area contributed by atoms with Gasteiger partial charge in [-0.05, 0) is 82.3 Å². The van der Waals surface area contributed by atoms with Crippen molar-refractivity contribution in [3.8, 4) is 11.1 Å². The van der Waals surface area contributed by atoms with E-state index in [0.717, 1.165) is 12.8 Å². The van der Waals surface area contributed by atoms with Crippen molar-refractivity contribution in [1.29, 1.82) is 0 Å². The Hall–Kier alpha value is -2.93. The monoisotopic (exact) mass is 335 g/mol. The summed E-state index contributed by atoms with van der Waals surface area (Å²) in [6.07, 6.45) is 17.3. The van der Waals surface area contributed by atoms with Crippen LogP contribution in [0.25, 0.3) is 29.4 Å². The molecule has 5 rings (SSSR count). The van der Waals surface area contributed by atoms with Gasteiger partial charge in [0.05, 0.1) is 0 Å². The van der Waals surface area contributed by atoms with Crippen molar-refractivity contribution in [3.63, 3.8) is 0 Å². The molecule has 0 fully saturated rings. The highest BCUT2D eigenvalue weighted by atomic mass is 14.6. The Bertz CT molecular complexity index is 1030. The van der Waals surface area contributed by atoms with E-state index < -0.39 is 0 Å². The van der Waals surface area contributed by atoms with Gasteiger partial charge in [-0.1, -0.05) is 54.6 Å². The molecule has 0 amide bonds. The molecule has 0 bridgehead atoms. The summed E-state index contributed by atoms with van der Waals surface area (Å²) in [7, 11) is 0. The molecule has 0 atom stereocenters. The largest absolute Gasteiger partial charge is 0.265 e. The summed E-state index contributed by atoms with van der Waals surface area (Å²) in [5.41, 5.74) is 11.4. The Labute approximate surface area is 154 Å². The van der Waals surface area contributed by atoms with Crippen LogP contribution in [-0.4, -0.2) is 4.98 Å². The highest BCUT2D eigenvalue weighted by Gasteiger charge is 2.22. The topological polar surface area (TPSA) is 12.9 Å². The van der Waals surface area contributed by atoms with Gasteiger partial charge in [-0.25, -0.2) is 0 Å². The number of pyridine rings is 1. The van der Waals surface area contributed by atoms with E-state index in [-0.39, 0.29) is 0 Å². The van der Waals surface area contributed by atoms with Crippen LogP contribution in [0.15, 0.2) is 60.9 Å². The Kier molecular flexibility index (Phi) is 3.79. The van der Waals surface area contributed by atoms with Crippen molar-refractivity contribution < 1.29 is 0 Å². The van der Waals surface area contributed by atoms with Gasteiger partial charge in [0.15, 0.2) is 0 Å². The fourth-order valence-electron chi connectivity index (χ4n) is 4.34. The number of aromatic nitrogens is 1. The van der Waals surface area contributed by atoms with E-state index in [1.165, 1.54) is 46.2 Å². The minimum Gasteiger partial charge on any atom is -0.265 e. The lowest BCUT2D eigenvalue weighted by Crippen LogP contribution is -2.10. The highest BCUT2D eigenvalue weighted by molar-refractivity contribution is 5.82. The molecule has 0 radical (unpaired) electrons. The first-order valence-electron chi connectivity index (χ1n) is 9.42. The van der Waals surface area contributed by atoms with Crippen LogP contribution in [0.5, 0.6) is 0 Å². The molecule has 1 heterocycles. The average molecular weight is 335 g/mol. The van der Waals surface area contributed by atoms with Gasteiger partial charge in [0.25, 0.3) is 0 Å². The maximum absolute atomic E-state index is 4.09. The molecule has 0 aliphatic heterocycles. The second-order valence-electron chi connectivity index (χ2n) is 7.09. The number of fused-ring (bicyclic) bond motifs is 5. The van der Waals surface area contributed by atoms with Crippen molar-refractivity contribution in [2.45, 2.75) is 25.7 Å². The van der Waals surface area contributed by atoms with Gasteiger partial charge in [0.1, 0.15) is 0 Å². The minimum atomic E-state index is 1.12. The number of hydrogen-bond acceptors (Lipinski definition) is 1. The molecule has 3 aromatic rings. The molecule has 1 aromatic heterocycles. The fraction of sp³-hybridized carbons (Fsp3) is 0.160. The molecule has 0 unspecified atom stereocenters. The van der Waals surface area contributed by atoms with Crippen LogP contribution in [0.3, 0.4) is 0 Å². The van der Waals surface area contributed by atoms with Crippen molar-refractivity contribution in [2.75, 3.05) is 0 Å². The summed E-state index contributed by atoms with van der Waals surface area (Å²) in [4.78, 5) is 4.09. The van der Waals surface area contributed by atoms with Crippen LogP contribution >= 0.6 is 0 Å². The summed E-state index contributed by atoms with van der Waals surface area (Å²) >= 11 is 0. The second kappa shape index (κ2) is 6.42. The number of hydrogen-bond donors (Lipinski definition) is 0. The van der Waals surface area contributed by atoms with Crippen LogP contribution in [0, 0.1) is 0 Å². The van der Waals surface area contributed by atoms with E-state index >= 15 is 0 Å². The quantitative estimate of drug-likeness (QED) is 0.561. The van der Waals surface area contributed by atoms with Crippen molar-refractivity contribution >= 4 is 18.2 Å². The van der Waals surface area contributed by atoms with Crippen LogP contribution in [-0.2, 0) is 19.3 Å². The smallest absolute Gasteiger partial charge is 0.0273 e. The first-order chi connectivity index (χ1) is 12.9. The predicted octanol–water partition coefficient (Wildman–Crippen LogP) is 5.98. The third kappa shape index (κ3) is 2.61. The van der Waals surface area contributed by atoms with Crippen LogP contribution < -0.4 is 0 Å². The Balaban J connectivity index is 1.59. The van der Waals surface area contributed by atoms with Gasteiger partial charge in [-0.2, -0.15) is 0 Å². The van der Waals surface area contributed by atoms with Crippen molar-refractivity contribution in [2.24, 2.45) is 0 Å². The summed E-state index contributed by atoms with van der Waals surface area (Å²) in [6.45, 7) is 0. The fourth-order valence-corrected chi connectivity index (χ4v) is 4.34. The van der Waals surface area contributed by atoms with Crippen LogP contribution in [0.4, 0.5) is 0 Å². The standard InChI is InChI=1S/C25H21N/c1-2-6-21-19(4-1)10-11-25-23-7-3-5-20(22(23)12-13-24(21)25)9-8-18-14-16-26-17-15-18/h1,3-5,7-11,14-17H,2,6,12-13H2/b9-8+. The second-order valence-corrected chi connectivity index (χ2v) is 7.09. The summed E-state index contributed by atoms with van der Waals surface area (Å²) in [5.74, 6) is 0. The minimum absolute atomic E-state index is 1.12. The normalized spacial score (nSPS) is 14.8. The Morgan fingerprint density at radius 3 is 2.50 bits per heavy atom. The summed E-state index contributed by atoms with van der Waals surface area (Å²) in [5, 5.41) is 0. The molecule has 2 aliphatic carbocycles. The third-order valence-electron chi connectivity index (χ3n) is 5.61. The van der Waals surface area contributed by atoms with Crippen molar-refractivity contribution in [3.05, 3.63) is 94.3 Å². The Morgan fingerprint density at radius 1 is 0.731 bits per heavy atom. The first kappa shape index (κ1) is 15.3. The zero-order chi connectivity index (χ0) is 17.3. The van der Waals surface area contributed by atoms with E-state index in [4.69, 9.17) is 0 Å². The number of benzene rings is 2. The molecule has 0 spiro atoms. The van der Waals surface area contributed by atoms with Gasteiger partial charge in [0.2, 0.25) is 0 Å². The zero-order valence-electron chi connectivity index (χ0n) is 14.8. The molecule has 1 nitrogen and oxygen atoms in total. The molecule has 0 N–H and O–H groups in total. The van der Waals surface area contributed by atoms with Crippen molar-refractivity contribution in [1.82, 2.24) is 4.98 Å². The SMILES string of the molecule is C1=Cc2ccc3c(c2CC1)CCc1c(/C=C/c2ccncc2)cccc1-3. The number of nitrogens with zero attached hydrogens (tertiary/aromatic N) is 1. The van der Waals surface area contributed by atoms with E-state index in [2.05, 4.69) is 59.6 Å². The maximum atomic E-state index is 4.09. The predicted molar refractivity (Wildman–Crippen MR) is 110 cm³/mol. The molecule has 0 saturated carbocycles. The number of allylic oxidation sites excluding steroid dienone is 1. The van der Waals surface area contributed by atoms with Crippen LogP contribution in [0.2, 0.25) is 0 Å². The lowest BCUT2D eigenvalue weighted by atomic mass is 9.78. The highest BCUT2D eigenvalue weighted by Crippen LogP contribution is 2.39. The maximum Gasteiger partial charge on any atom is 0.0273 e. The van der Waals surface area contributed by atoms with Gasteiger partial charge in [0, 0.05) is 12.4 Å². The summed E-state index contributed by atoms with van der Waals surface area (Å²) in [6, 6.07) is 15.4. The molecule has 0 saturated heterocycles. The van der Waals surface area contributed by atoms with Gasteiger partial charge in [-0.15, -0.1) is 0 Å². The van der Waals surface area contributed by atoms with Crippen LogP contribution in [0.1, 0.15) is 39.8 Å². The van der Waals surface area contributed by atoms with Gasteiger partial charge in [-0.3, -0.25) is 4.98 Å².